The zero-order valence-electron chi connectivity index (χ0n) is 13.9. The predicted molar refractivity (Wildman–Crippen MR) is 106 cm³/mol. The number of oxazole rings is 1. The van der Waals surface area contributed by atoms with Crippen LogP contribution < -0.4 is 10.6 Å². The number of imidazole rings is 1. The summed E-state index contributed by atoms with van der Waals surface area (Å²) in [5, 5.41) is 8.45. The van der Waals surface area contributed by atoms with Crippen LogP contribution in [0.15, 0.2) is 27.2 Å². The standard InChI is InChI=1S/C15H20N6OS.HI/c1-4-16-14(18-8-13-19-10(2)11(3)22-13)17-7-12-9-21-5-6-23-15(21)20-12;/h5-6,9H,4,7-8H2,1-3H3,(H2,16,17,18);1H. The first-order chi connectivity index (χ1) is 11.2. The van der Waals surface area contributed by atoms with E-state index in [1.807, 2.05) is 42.9 Å². The van der Waals surface area contributed by atoms with Gasteiger partial charge < -0.3 is 15.1 Å². The van der Waals surface area contributed by atoms with Crippen molar-refractivity contribution in [2.24, 2.45) is 4.99 Å². The fraction of sp³-hybridized carbons (Fsp3) is 0.400. The molecule has 0 spiro atoms. The van der Waals surface area contributed by atoms with Crippen LogP contribution in [0.5, 0.6) is 0 Å². The minimum atomic E-state index is 0. The number of aromatic nitrogens is 3. The molecule has 0 fully saturated rings. The van der Waals surface area contributed by atoms with Gasteiger partial charge in [0, 0.05) is 24.3 Å². The van der Waals surface area contributed by atoms with Gasteiger partial charge in [-0.2, -0.15) is 0 Å². The summed E-state index contributed by atoms with van der Waals surface area (Å²) in [5.74, 6) is 2.23. The number of halogens is 1. The second kappa shape index (κ2) is 8.47. The quantitative estimate of drug-likeness (QED) is 0.348. The molecule has 0 saturated carbocycles. The molecule has 0 radical (unpaired) electrons. The molecule has 0 amide bonds. The van der Waals surface area contributed by atoms with Gasteiger partial charge in [-0.15, -0.1) is 35.3 Å². The monoisotopic (exact) mass is 460 g/mol. The van der Waals surface area contributed by atoms with Gasteiger partial charge >= 0.3 is 0 Å². The van der Waals surface area contributed by atoms with Gasteiger partial charge in [0.1, 0.15) is 5.76 Å². The molecule has 0 saturated heterocycles. The minimum Gasteiger partial charge on any atom is -0.444 e. The second-order valence-electron chi connectivity index (χ2n) is 5.12. The van der Waals surface area contributed by atoms with Crippen LogP contribution in [0, 0.1) is 13.8 Å². The summed E-state index contributed by atoms with van der Waals surface area (Å²) in [6.45, 7) is 7.69. The number of nitrogens with zero attached hydrogens (tertiary/aromatic N) is 4. The van der Waals surface area contributed by atoms with Gasteiger partial charge in [0.15, 0.2) is 10.9 Å². The molecule has 130 valence electrons. The van der Waals surface area contributed by atoms with Crippen LogP contribution in [0.2, 0.25) is 0 Å². The molecule has 3 aromatic rings. The number of guanidine groups is 1. The van der Waals surface area contributed by atoms with E-state index in [2.05, 4.69) is 25.6 Å². The van der Waals surface area contributed by atoms with Gasteiger partial charge in [0.2, 0.25) is 5.89 Å². The Morgan fingerprint density at radius 3 is 2.83 bits per heavy atom. The molecule has 0 unspecified atom stereocenters. The summed E-state index contributed by atoms with van der Waals surface area (Å²) < 4.78 is 7.57. The summed E-state index contributed by atoms with van der Waals surface area (Å²) in [4.78, 5) is 14.4. The lowest BCUT2D eigenvalue weighted by Gasteiger charge is -2.09. The third kappa shape index (κ3) is 4.47. The fourth-order valence-electron chi connectivity index (χ4n) is 2.13. The zero-order valence-corrected chi connectivity index (χ0v) is 17.0. The molecule has 3 rings (SSSR count). The number of fused-ring (bicyclic) bond motifs is 1. The van der Waals surface area contributed by atoms with E-state index in [0.29, 0.717) is 19.0 Å². The van der Waals surface area contributed by atoms with E-state index < -0.39 is 0 Å². The van der Waals surface area contributed by atoms with Gasteiger partial charge in [-0.3, -0.25) is 4.40 Å². The lowest BCUT2D eigenvalue weighted by Crippen LogP contribution is -2.36. The van der Waals surface area contributed by atoms with Crippen molar-refractivity contribution < 1.29 is 4.42 Å². The SMILES string of the molecule is CCNC(=NCc1cn2ccsc2n1)NCc1nc(C)c(C)o1.I. The van der Waals surface area contributed by atoms with Crippen molar-refractivity contribution in [1.82, 2.24) is 25.0 Å². The summed E-state index contributed by atoms with van der Waals surface area (Å²) >= 11 is 1.62. The van der Waals surface area contributed by atoms with Crippen molar-refractivity contribution in [3.63, 3.8) is 0 Å². The number of rotatable bonds is 5. The Morgan fingerprint density at radius 1 is 1.33 bits per heavy atom. The van der Waals surface area contributed by atoms with Crippen molar-refractivity contribution >= 4 is 46.2 Å². The Balaban J connectivity index is 0.00000208. The molecule has 3 heterocycles. The molecule has 0 aliphatic rings. The number of thiazole rings is 1. The maximum Gasteiger partial charge on any atom is 0.214 e. The topological polar surface area (TPSA) is 79.8 Å². The molecule has 0 aliphatic heterocycles. The van der Waals surface area contributed by atoms with E-state index in [4.69, 9.17) is 4.42 Å². The van der Waals surface area contributed by atoms with Crippen LogP contribution in [0.4, 0.5) is 0 Å². The largest absolute Gasteiger partial charge is 0.444 e. The lowest BCUT2D eigenvalue weighted by atomic mass is 10.4. The summed E-state index contributed by atoms with van der Waals surface area (Å²) in [6.07, 6.45) is 4.00. The maximum atomic E-state index is 5.56. The molecule has 0 aromatic carbocycles. The molecule has 2 N–H and O–H groups in total. The number of aryl methyl sites for hydroxylation is 2. The molecule has 3 aromatic heterocycles. The average molecular weight is 460 g/mol. The first-order valence-electron chi connectivity index (χ1n) is 7.52. The summed E-state index contributed by atoms with van der Waals surface area (Å²) in [6, 6.07) is 0. The van der Waals surface area contributed by atoms with E-state index >= 15 is 0 Å². The number of hydrogen-bond acceptors (Lipinski definition) is 5. The Labute approximate surface area is 161 Å². The van der Waals surface area contributed by atoms with Crippen LogP contribution in [0.3, 0.4) is 0 Å². The smallest absolute Gasteiger partial charge is 0.214 e. The third-order valence-electron chi connectivity index (χ3n) is 3.37. The summed E-state index contributed by atoms with van der Waals surface area (Å²) in [5.41, 5.74) is 1.86. The Kier molecular flexibility index (Phi) is 6.60. The third-order valence-corrected chi connectivity index (χ3v) is 4.14. The van der Waals surface area contributed by atoms with E-state index in [1.54, 1.807) is 11.3 Å². The molecule has 7 nitrogen and oxygen atoms in total. The number of hydrogen-bond donors (Lipinski definition) is 2. The second-order valence-corrected chi connectivity index (χ2v) is 6.00. The maximum absolute atomic E-state index is 5.56. The average Bonchev–Trinajstić information content (AvgIpc) is 3.18. The first kappa shape index (κ1) is 18.7. The van der Waals surface area contributed by atoms with Crippen molar-refractivity contribution in [3.8, 4) is 0 Å². The molecule has 0 aliphatic carbocycles. The predicted octanol–water partition coefficient (Wildman–Crippen LogP) is 2.87. The highest BCUT2D eigenvalue weighted by atomic mass is 127. The van der Waals surface area contributed by atoms with E-state index in [1.165, 1.54) is 0 Å². The van der Waals surface area contributed by atoms with Crippen LogP contribution in [-0.4, -0.2) is 26.9 Å². The van der Waals surface area contributed by atoms with Crippen molar-refractivity contribution in [1.29, 1.82) is 0 Å². The van der Waals surface area contributed by atoms with E-state index in [0.717, 1.165) is 34.6 Å². The van der Waals surface area contributed by atoms with Crippen LogP contribution >= 0.6 is 35.3 Å². The summed E-state index contributed by atoms with van der Waals surface area (Å²) in [7, 11) is 0. The molecule has 0 atom stereocenters. The van der Waals surface area contributed by atoms with Gasteiger partial charge in [-0.05, 0) is 20.8 Å². The Morgan fingerprint density at radius 2 is 2.17 bits per heavy atom. The highest BCUT2D eigenvalue weighted by Crippen LogP contribution is 2.12. The normalized spacial score (nSPS) is 11.5. The molecular weight excluding hydrogens is 439 g/mol. The fourth-order valence-corrected chi connectivity index (χ4v) is 2.85. The van der Waals surface area contributed by atoms with Gasteiger partial charge in [0.25, 0.3) is 0 Å². The van der Waals surface area contributed by atoms with E-state index in [-0.39, 0.29) is 24.0 Å². The van der Waals surface area contributed by atoms with Crippen molar-refractivity contribution in [2.45, 2.75) is 33.9 Å². The zero-order chi connectivity index (χ0) is 16.2. The van der Waals surface area contributed by atoms with Crippen LogP contribution in [-0.2, 0) is 13.1 Å². The highest BCUT2D eigenvalue weighted by Gasteiger charge is 2.07. The molecule has 0 bridgehead atoms. The minimum absolute atomic E-state index is 0. The van der Waals surface area contributed by atoms with Crippen LogP contribution in [0.25, 0.3) is 4.96 Å². The Hall–Kier alpha value is -1.62. The van der Waals surface area contributed by atoms with E-state index in [9.17, 15) is 0 Å². The van der Waals surface area contributed by atoms with Crippen molar-refractivity contribution in [3.05, 3.63) is 40.8 Å². The van der Waals surface area contributed by atoms with Gasteiger partial charge in [-0.1, -0.05) is 0 Å². The highest BCUT2D eigenvalue weighted by molar-refractivity contribution is 14.0. The first-order valence-corrected chi connectivity index (χ1v) is 8.40. The number of nitrogens with one attached hydrogen (secondary N) is 2. The number of aliphatic imine (C=N–C) groups is 1. The molecular formula is C15H21IN6OS. The lowest BCUT2D eigenvalue weighted by molar-refractivity contribution is 0.463. The van der Waals surface area contributed by atoms with Gasteiger partial charge in [0.05, 0.1) is 24.5 Å². The van der Waals surface area contributed by atoms with Crippen molar-refractivity contribution in [2.75, 3.05) is 6.54 Å². The molecule has 9 heteroatoms. The molecule has 24 heavy (non-hydrogen) atoms. The van der Waals surface area contributed by atoms with Crippen LogP contribution in [0.1, 0.15) is 30.0 Å². The van der Waals surface area contributed by atoms with Gasteiger partial charge in [-0.25, -0.2) is 15.0 Å². The Bertz CT molecular complexity index is 773.